The third kappa shape index (κ3) is 1.64. The molecule has 1 aromatic rings. The zero-order valence-electron chi connectivity index (χ0n) is 6.97. The lowest BCUT2D eigenvalue weighted by molar-refractivity contribution is 0.0456. The molecule has 6 heteroatoms. The third-order valence-electron chi connectivity index (χ3n) is 1.96. The van der Waals surface area contributed by atoms with Gasteiger partial charge in [0.05, 0.1) is 19.8 Å². The Morgan fingerprint density at radius 1 is 1.31 bits per heavy atom. The lowest BCUT2D eigenvalue weighted by Gasteiger charge is -2.23. The van der Waals surface area contributed by atoms with Gasteiger partial charge in [-0.05, 0) is 0 Å². The van der Waals surface area contributed by atoms with Gasteiger partial charge in [-0.2, -0.15) is 0 Å². The summed E-state index contributed by atoms with van der Waals surface area (Å²) in [6, 6.07) is 1.36. The van der Waals surface area contributed by atoms with Crippen molar-refractivity contribution in [1.82, 2.24) is 5.16 Å². The van der Waals surface area contributed by atoms with Crippen molar-refractivity contribution < 1.29 is 19.8 Å². The van der Waals surface area contributed by atoms with E-state index in [0.29, 0.717) is 0 Å². The topological polar surface area (TPSA) is 113 Å². The van der Waals surface area contributed by atoms with Crippen molar-refractivity contribution in [3.63, 3.8) is 0 Å². The second-order valence-corrected chi connectivity index (χ2v) is 2.87. The maximum atomic E-state index is 8.99. The molecule has 0 saturated heterocycles. The minimum Gasteiger partial charge on any atom is -0.395 e. The molecule has 0 aliphatic heterocycles. The number of nitrogen functional groups attached to an aromatic ring is 1. The molecule has 1 aromatic heterocycles. The molecule has 6 nitrogen and oxygen atoms in total. The Morgan fingerprint density at radius 3 is 2.15 bits per heavy atom. The summed E-state index contributed by atoms with van der Waals surface area (Å²) in [5.74, 6) is 0.326. The zero-order chi connectivity index (χ0) is 9.90. The Labute approximate surface area is 74.6 Å². The average Bonchev–Trinajstić information content (AvgIpc) is 2.57. The number of aliphatic hydroxyl groups excluding tert-OH is 3. The van der Waals surface area contributed by atoms with Gasteiger partial charge in [-0.25, -0.2) is 0 Å². The largest absolute Gasteiger partial charge is 0.395 e. The van der Waals surface area contributed by atoms with Crippen molar-refractivity contribution in [2.75, 3.05) is 25.6 Å². The first-order chi connectivity index (χ1) is 6.18. The van der Waals surface area contributed by atoms with Crippen LogP contribution in [0.2, 0.25) is 0 Å². The molecule has 0 aliphatic carbocycles. The predicted octanol–water partition coefficient (Wildman–Crippen LogP) is -1.53. The number of anilines is 1. The van der Waals surface area contributed by atoms with E-state index in [4.69, 9.17) is 25.6 Å². The van der Waals surface area contributed by atoms with Crippen LogP contribution in [0.5, 0.6) is 0 Å². The summed E-state index contributed by atoms with van der Waals surface area (Å²) in [4.78, 5) is 0. The van der Waals surface area contributed by atoms with E-state index in [-0.39, 0.29) is 11.6 Å². The van der Waals surface area contributed by atoms with Gasteiger partial charge in [0.2, 0.25) is 0 Å². The summed E-state index contributed by atoms with van der Waals surface area (Å²) in [6.07, 6.45) is 0. The van der Waals surface area contributed by atoms with Crippen LogP contribution >= 0.6 is 0 Å². The normalized spacial score (nSPS) is 11.9. The first kappa shape index (κ1) is 9.97. The molecule has 0 aromatic carbocycles. The van der Waals surface area contributed by atoms with E-state index in [2.05, 4.69) is 5.16 Å². The van der Waals surface area contributed by atoms with E-state index in [1.54, 1.807) is 0 Å². The van der Waals surface area contributed by atoms with E-state index < -0.39 is 25.2 Å². The number of hydrogen-bond donors (Lipinski definition) is 4. The van der Waals surface area contributed by atoms with Crippen LogP contribution in [0.4, 0.5) is 5.82 Å². The summed E-state index contributed by atoms with van der Waals surface area (Å²) >= 11 is 0. The fraction of sp³-hybridized carbons (Fsp3) is 0.571. The highest BCUT2D eigenvalue weighted by Gasteiger charge is 2.34. The van der Waals surface area contributed by atoms with E-state index in [9.17, 15) is 0 Å². The van der Waals surface area contributed by atoms with Crippen LogP contribution in [0.25, 0.3) is 0 Å². The summed E-state index contributed by atoms with van der Waals surface area (Å²) in [7, 11) is 0. The molecule has 5 N–H and O–H groups in total. The number of hydrogen-bond acceptors (Lipinski definition) is 6. The minimum absolute atomic E-state index is 0.148. The van der Waals surface area contributed by atoms with Crippen LogP contribution in [0.15, 0.2) is 10.6 Å². The van der Waals surface area contributed by atoms with Crippen molar-refractivity contribution >= 4 is 5.82 Å². The lowest BCUT2D eigenvalue weighted by atomic mass is 9.88. The van der Waals surface area contributed by atoms with Crippen LogP contribution in [0, 0.1) is 0 Å². The molecule has 0 spiro atoms. The minimum atomic E-state index is -1.20. The van der Waals surface area contributed by atoms with Gasteiger partial charge in [0.1, 0.15) is 5.41 Å². The van der Waals surface area contributed by atoms with E-state index in [1.165, 1.54) is 6.07 Å². The highest BCUT2D eigenvalue weighted by atomic mass is 16.5. The van der Waals surface area contributed by atoms with Gasteiger partial charge >= 0.3 is 0 Å². The SMILES string of the molecule is Nc1cc(C(CO)(CO)CO)on1. The highest BCUT2D eigenvalue weighted by molar-refractivity contribution is 5.30. The molecule has 0 atom stereocenters. The summed E-state index contributed by atoms with van der Waals surface area (Å²) in [5, 5.41) is 30.4. The maximum Gasteiger partial charge on any atom is 0.167 e. The molecule has 0 radical (unpaired) electrons. The van der Waals surface area contributed by atoms with Crippen LogP contribution in [0.1, 0.15) is 5.76 Å². The standard InChI is InChI=1S/C7H12N2O4/c8-6-1-5(13-9-6)7(2-10,3-11)4-12/h1,10-12H,2-4H2,(H2,8,9). The van der Waals surface area contributed by atoms with Crippen LogP contribution in [-0.4, -0.2) is 40.3 Å². The monoisotopic (exact) mass is 188 g/mol. The molecular weight excluding hydrogens is 176 g/mol. The van der Waals surface area contributed by atoms with Crippen molar-refractivity contribution in [3.05, 3.63) is 11.8 Å². The van der Waals surface area contributed by atoms with E-state index in [1.807, 2.05) is 0 Å². The number of nitrogens with two attached hydrogens (primary N) is 1. The second kappa shape index (κ2) is 3.73. The Hall–Kier alpha value is -1.11. The van der Waals surface area contributed by atoms with Crippen molar-refractivity contribution in [2.24, 2.45) is 0 Å². The molecule has 0 amide bonds. The average molecular weight is 188 g/mol. The molecule has 0 unspecified atom stereocenters. The molecule has 1 heterocycles. The number of aromatic nitrogens is 1. The highest BCUT2D eigenvalue weighted by Crippen LogP contribution is 2.24. The molecular formula is C7H12N2O4. The van der Waals surface area contributed by atoms with Gasteiger partial charge in [-0.1, -0.05) is 5.16 Å². The van der Waals surface area contributed by atoms with Gasteiger partial charge in [-0.15, -0.1) is 0 Å². The van der Waals surface area contributed by atoms with E-state index in [0.717, 1.165) is 0 Å². The van der Waals surface area contributed by atoms with Crippen molar-refractivity contribution in [3.8, 4) is 0 Å². The quantitative estimate of drug-likeness (QED) is 0.456. The number of nitrogens with zero attached hydrogens (tertiary/aromatic N) is 1. The van der Waals surface area contributed by atoms with Gasteiger partial charge in [0, 0.05) is 6.07 Å². The second-order valence-electron chi connectivity index (χ2n) is 2.87. The Balaban J connectivity index is 3.00. The first-order valence-electron chi connectivity index (χ1n) is 3.74. The van der Waals surface area contributed by atoms with Crippen molar-refractivity contribution in [1.29, 1.82) is 0 Å². The number of rotatable bonds is 4. The summed E-state index contributed by atoms with van der Waals surface area (Å²) in [5.41, 5.74) is 4.09. The third-order valence-corrected chi connectivity index (χ3v) is 1.96. The first-order valence-corrected chi connectivity index (χ1v) is 3.74. The van der Waals surface area contributed by atoms with E-state index >= 15 is 0 Å². The number of aliphatic hydroxyl groups is 3. The molecule has 0 bridgehead atoms. The summed E-state index contributed by atoms with van der Waals surface area (Å²) < 4.78 is 4.75. The Kier molecular flexibility index (Phi) is 2.86. The molecule has 13 heavy (non-hydrogen) atoms. The fourth-order valence-corrected chi connectivity index (χ4v) is 0.923. The molecule has 1 rings (SSSR count). The maximum absolute atomic E-state index is 8.99. The molecule has 0 aliphatic rings. The molecule has 0 saturated carbocycles. The van der Waals surface area contributed by atoms with Crippen LogP contribution < -0.4 is 5.73 Å². The van der Waals surface area contributed by atoms with Gasteiger partial charge in [0.15, 0.2) is 11.6 Å². The van der Waals surface area contributed by atoms with Gasteiger partial charge in [-0.3, -0.25) is 0 Å². The smallest absolute Gasteiger partial charge is 0.167 e. The lowest BCUT2D eigenvalue weighted by Crippen LogP contribution is -2.38. The van der Waals surface area contributed by atoms with Crippen molar-refractivity contribution in [2.45, 2.75) is 5.41 Å². The zero-order valence-corrected chi connectivity index (χ0v) is 6.97. The van der Waals surface area contributed by atoms with Crippen LogP contribution in [0.3, 0.4) is 0 Å². The van der Waals surface area contributed by atoms with Crippen LogP contribution in [-0.2, 0) is 5.41 Å². The fourth-order valence-electron chi connectivity index (χ4n) is 0.923. The summed E-state index contributed by atoms with van der Waals surface area (Å²) in [6.45, 7) is -1.31. The Morgan fingerprint density at radius 2 is 1.85 bits per heavy atom. The molecule has 0 fully saturated rings. The molecule has 74 valence electrons. The Bertz CT molecular complexity index is 261. The predicted molar refractivity (Wildman–Crippen MR) is 43.9 cm³/mol. The van der Waals surface area contributed by atoms with Gasteiger partial charge < -0.3 is 25.6 Å². The van der Waals surface area contributed by atoms with Gasteiger partial charge in [0.25, 0.3) is 0 Å².